The molecule has 0 spiro atoms. The van der Waals surface area contributed by atoms with Crippen LogP contribution in [-0.2, 0) is 4.74 Å². The van der Waals surface area contributed by atoms with Crippen molar-refractivity contribution in [3.8, 4) is 0 Å². The lowest BCUT2D eigenvalue weighted by Gasteiger charge is -2.16. The van der Waals surface area contributed by atoms with Crippen LogP contribution in [0.2, 0.25) is 0 Å². The van der Waals surface area contributed by atoms with Gasteiger partial charge in [-0.2, -0.15) is 10.1 Å². The lowest BCUT2D eigenvalue weighted by atomic mass is 10.7. The first-order chi connectivity index (χ1) is 6.11. The summed E-state index contributed by atoms with van der Waals surface area (Å²) in [4.78, 5) is 5.49. The highest BCUT2D eigenvalue weighted by Gasteiger charge is 2.00. The SMILES string of the molecule is C=NNCN(C)C(N)=NC(=C)OC. The van der Waals surface area contributed by atoms with Gasteiger partial charge in [-0.3, -0.25) is 5.43 Å². The van der Waals surface area contributed by atoms with Gasteiger partial charge in [0.25, 0.3) is 0 Å². The Morgan fingerprint density at radius 1 is 1.69 bits per heavy atom. The molecule has 13 heavy (non-hydrogen) atoms. The van der Waals surface area contributed by atoms with Gasteiger partial charge < -0.3 is 15.4 Å². The minimum atomic E-state index is 0.260. The van der Waals surface area contributed by atoms with Gasteiger partial charge in [-0.1, -0.05) is 0 Å². The van der Waals surface area contributed by atoms with Gasteiger partial charge in [-0.15, -0.1) is 0 Å². The normalized spacial score (nSPS) is 10.5. The highest BCUT2D eigenvalue weighted by Crippen LogP contribution is 1.92. The Morgan fingerprint density at radius 3 is 2.77 bits per heavy atom. The lowest BCUT2D eigenvalue weighted by molar-refractivity contribution is 0.288. The zero-order valence-corrected chi connectivity index (χ0v) is 7.95. The van der Waals surface area contributed by atoms with E-state index in [-0.39, 0.29) is 5.88 Å². The summed E-state index contributed by atoms with van der Waals surface area (Å²) in [6.45, 7) is 7.19. The Morgan fingerprint density at radius 2 is 2.31 bits per heavy atom. The predicted octanol–water partition coefficient (Wildman–Crippen LogP) is -0.487. The third-order valence-electron chi connectivity index (χ3n) is 1.29. The van der Waals surface area contributed by atoms with Gasteiger partial charge in [-0.25, -0.2) is 0 Å². The van der Waals surface area contributed by atoms with Crippen LogP contribution in [0, 0.1) is 0 Å². The highest BCUT2D eigenvalue weighted by molar-refractivity contribution is 5.78. The largest absolute Gasteiger partial charge is 0.481 e. The second-order valence-electron chi connectivity index (χ2n) is 2.24. The number of nitrogens with one attached hydrogen (secondary N) is 1. The Hall–Kier alpha value is -1.72. The van der Waals surface area contributed by atoms with Crippen molar-refractivity contribution in [2.75, 3.05) is 20.8 Å². The van der Waals surface area contributed by atoms with E-state index in [4.69, 9.17) is 10.5 Å². The van der Waals surface area contributed by atoms with E-state index in [1.165, 1.54) is 7.11 Å². The van der Waals surface area contributed by atoms with E-state index in [9.17, 15) is 0 Å². The number of methoxy groups -OCH3 is 1. The van der Waals surface area contributed by atoms with Crippen molar-refractivity contribution in [1.82, 2.24) is 10.3 Å². The second-order valence-corrected chi connectivity index (χ2v) is 2.24. The van der Waals surface area contributed by atoms with Crippen LogP contribution < -0.4 is 11.2 Å². The summed E-state index contributed by atoms with van der Waals surface area (Å²) >= 11 is 0. The maximum atomic E-state index is 5.57. The predicted molar refractivity (Wildman–Crippen MR) is 53.1 cm³/mol. The summed E-state index contributed by atoms with van der Waals surface area (Å²) in [6, 6.07) is 0. The summed E-state index contributed by atoms with van der Waals surface area (Å²) in [5, 5.41) is 3.45. The van der Waals surface area contributed by atoms with Crippen LogP contribution >= 0.6 is 0 Å². The third-order valence-corrected chi connectivity index (χ3v) is 1.29. The molecule has 0 aliphatic carbocycles. The average molecular weight is 185 g/mol. The van der Waals surface area contributed by atoms with Gasteiger partial charge in [0.2, 0.25) is 11.8 Å². The van der Waals surface area contributed by atoms with Crippen LogP contribution in [0.25, 0.3) is 0 Å². The molecule has 0 saturated carbocycles. The molecule has 0 bridgehead atoms. The van der Waals surface area contributed by atoms with Crippen molar-refractivity contribution in [2.24, 2.45) is 15.8 Å². The molecule has 6 heteroatoms. The van der Waals surface area contributed by atoms with Gasteiger partial charge in [0.05, 0.1) is 7.11 Å². The molecule has 3 N–H and O–H groups in total. The number of hydrogen-bond acceptors (Lipinski definition) is 4. The van der Waals surface area contributed by atoms with Crippen LogP contribution in [0.3, 0.4) is 0 Å². The molecule has 74 valence electrons. The highest BCUT2D eigenvalue weighted by atomic mass is 16.5. The number of ether oxygens (including phenoxy) is 1. The summed E-state index contributed by atoms with van der Waals surface area (Å²) in [5.41, 5.74) is 8.20. The van der Waals surface area contributed by atoms with Crippen molar-refractivity contribution in [1.29, 1.82) is 0 Å². The molecule has 0 aliphatic heterocycles. The summed E-state index contributed by atoms with van der Waals surface area (Å²) < 4.78 is 4.73. The van der Waals surface area contributed by atoms with E-state index in [1.807, 2.05) is 0 Å². The molecule has 6 nitrogen and oxygen atoms in total. The Kier molecular flexibility index (Phi) is 5.09. The van der Waals surface area contributed by atoms with Crippen LogP contribution in [0.1, 0.15) is 0 Å². The van der Waals surface area contributed by atoms with Crippen LogP contribution in [0.5, 0.6) is 0 Å². The molecule has 0 heterocycles. The minimum Gasteiger partial charge on any atom is -0.481 e. The Labute approximate surface area is 77.8 Å². The molecule has 0 radical (unpaired) electrons. The Bertz CT molecular complexity index is 213. The van der Waals surface area contributed by atoms with E-state index in [0.717, 1.165) is 0 Å². The third kappa shape index (κ3) is 4.67. The van der Waals surface area contributed by atoms with Crippen molar-refractivity contribution >= 4 is 12.7 Å². The Balaban J connectivity index is 4.06. The van der Waals surface area contributed by atoms with Gasteiger partial charge in [0, 0.05) is 13.8 Å². The van der Waals surface area contributed by atoms with Crippen LogP contribution in [0.4, 0.5) is 0 Å². The first-order valence-corrected chi connectivity index (χ1v) is 3.58. The van der Waals surface area contributed by atoms with Crippen molar-refractivity contribution in [3.05, 3.63) is 12.5 Å². The quantitative estimate of drug-likeness (QED) is 0.199. The molecule has 0 fully saturated rings. The molecule has 0 aromatic rings. The number of rotatable bonds is 5. The van der Waals surface area contributed by atoms with Crippen LogP contribution in [0.15, 0.2) is 22.6 Å². The average Bonchev–Trinajstić information content (AvgIpc) is 2.13. The molecular formula is C7H15N5O. The summed E-state index contributed by atoms with van der Waals surface area (Å²) in [7, 11) is 3.22. The van der Waals surface area contributed by atoms with Crippen molar-refractivity contribution < 1.29 is 4.74 Å². The number of hydrazone groups is 1. The fourth-order valence-corrected chi connectivity index (χ4v) is 0.496. The summed E-state index contributed by atoms with van der Waals surface area (Å²) in [6.07, 6.45) is 0. The smallest absolute Gasteiger partial charge is 0.208 e. The standard InChI is InChI=1S/C7H15N5O/c1-6(13-4)11-7(8)12(3)5-10-9-2/h10H,1-2,5H2,3-4H3,(H2,8,11). The second kappa shape index (κ2) is 5.87. The monoisotopic (exact) mass is 185 g/mol. The lowest BCUT2D eigenvalue weighted by Crippen LogP contribution is -2.39. The van der Waals surface area contributed by atoms with Gasteiger partial charge in [0.1, 0.15) is 6.67 Å². The van der Waals surface area contributed by atoms with E-state index in [2.05, 4.69) is 28.8 Å². The molecular weight excluding hydrogens is 170 g/mol. The molecule has 0 amide bonds. The number of aliphatic imine (C=N–C) groups is 1. The molecule has 0 atom stereocenters. The minimum absolute atomic E-state index is 0.260. The number of nitrogens with zero attached hydrogens (tertiary/aromatic N) is 3. The van der Waals surface area contributed by atoms with E-state index < -0.39 is 0 Å². The van der Waals surface area contributed by atoms with E-state index in [1.54, 1.807) is 11.9 Å². The molecule has 0 aromatic carbocycles. The summed E-state index contributed by atoms with van der Waals surface area (Å²) in [5.74, 6) is 0.555. The number of nitrogens with two attached hydrogens (primary N) is 1. The molecule has 0 aliphatic rings. The zero-order chi connectivity index (χ0) is 10.3. The maximum absolute atomic E-state index is 5.57. The van der Waals surface area contributed by atoms with Crippen LogP contribution in [-0.4, -0.2) is 38.4 Å². The van der Waals surface area contributed by atoms with Crippen molar-refractivity contribution in [3.63, 3.8) is 0 Å². The van der Waals surface area contributed by atoms with Crippen molar-refractivity contribution in [2.45, 2.75) is 0 Å². The molecule has 0 rings (SSSR count). The topological polar surface area (TPSA) is 75.2 Å². The fourth-order valence-electron chi connectivity index (χ4n) is 0.496. The van der Waals surface area contributed by atoms with E-state index in [0.29, 0.717) is 12.6 Å². The maximum Gasteiger partial charge on any atom is 0.208 e. The van der Waals surface area contributed by atoms with Gasteiger partial charge >= 0.3 is 0 Å². The molecule has 0 saturated heterocycles. The first kappa shape index (κ1) is 11.3. The van der Waals surface area contributed by atoms with Gasteiger partial charge in [-0.05, 0) is 6.58 Å². The zero-order valence-electron chi connectivity index (χ0n) is 7.95. The number of hydrogen-bond donors (Lipinski definition) is 2. The molecule has 0 unspecified atom stereocenters. The number of guanidine groups is 1. The molecule has 0 aromatic heterocycles. The fraction of sp³-hybridized carbons (Fsp3) is 0.429. The van der Waals surface area contributed by atoms with E-state index >= 15 is 0 Å². The van der Waals surface area contributed by atoms with Gasteiger partial charge in [0.15, 0.2) is 0 Å². The first-order valence-electron chi connectivity index (χ1n) is 3.58.